The van der Waals surface area contributed by atoms with Crippen LogP contribution in [0.25, 0.3) is 0 Å². The summed E-state index contributed by atoms with van der Waals surface area (Å²) in [6, 6.07) is 13.4. The number of benzene rings is 1. The maximum absolute atomic E-state index is 12.4. The minimum atomic E-state index is -0.481. The summed E-state index contributed by atoms with van der Waals surface area (Å²) in [5, 5.41) is 14.6. The topological polar surface area (TPSA) is 107 Å². The summed E-state index contributed by atoms with van der Waals surface area (Å²) in [4.78, 5) is 31.1. The number of aromatic nitrogens is 1. The van der Waals surface area contributed by atoms with E-state index < -0.39 is 5.91 Å². The number of carbonyl (C=O) groups is 2. The molecule has 1 aliphatic rings. The molecule has 0 radical (unpaired) electrons. The van der Waals surface area contributed by atoms with Gasteiger partial charge in [-0.25, -0.2) is 4.98 Å². The summed E-state index contributed by atoms with van der Waals surface area (Å²) in [5.74, 6) is -0.814. The van der Waals surface area contributed by atoms with E-state index in [-0.39, 0.29) is 17.3 Å². The van der Waals surface area contributed by atoms with Crippen molar-refractivity contribution in [1.29, 1.82) is 5.26 Å². The van der Waals surface area contributed by atoms with Gasteiger partial charge in [-0.3, -0.25) is 14.5 Å². The zero-order valence-corrected chi connectivity index (χ0v) is 15.4. The number of hydrogen-bond donors (Lipinski definition) is 2. The third kappa shape index (κ3) is 5.13. The average molecular weight is 379 g/mol. The number of pyridine rings is 1. The number of nitrogens with one attached hydrogen (secondary N) is 2. The Morgan fingerprint density at radius 2 is 1.79 bits per heavy atom. The van der Waals surface area contributed by atoms with E-state index in [4.69, 9.17) is 10.00 Å². The molecule has 2 N–H and O–H groups in total. The summed E-state index contributed by atoms with van der Waals surface area (Å²) in [6.45, 7) is 4.36. The van der Waals surface area contributed by atoms with Crippen LogP contribution in [0.2, 0.25) is 0 Å². The SMILES string of the molecule is N#Cc1ccccc1NC(=O)c1cccc(C(=O)NCCN2CCOCC2)n1. The first-order valence-corrected chi connectivity index (χ1v) is 9.03. The standard InChI is InChI=1S/C20H21N5O3/c21-14-15-4-1-2-5-16(15)24-20(27)18-7-3-6-17(23-18)19(26)22-8-9-25-10-12-28-13-11-25/h1-7H,8-13H2,(H,22,26)(H,24,27). The second kappa shape index (κ2) is 9.60. The number of carbonyl (C=O) groups excluding carboxylic acids is 2. The number of nitrogens with zero attached hydrogens (tertiary/aromatic N) is 3. The minimum absolute atomic E-state index is 0.105. The molecule has 8 heteroatoms. The van der Waals surface area contributed by atoms with Gasteiger partial charge in [0.15, 0.2) is 0 Å². The smallest absolute Gasteiger partial charge is 0.274 e. The molecular formula is C20H21N5O3. The normalized spacial score (nSPS) is 14.1. The van der Waals surface area contributed by atoms with Crippen LogP contribution in [0.3, 0.4) is 0 Å². The highest BCUT2D eigenvalue weighted by atomic mass is 16.5. The fourth-order valence-corrected chi connectivity index (χ4v) is 2.81. The maximum Gasteiger partial charge on any atom is 0.274 e. The fourth-order valence-electron chi connectivity index (χ4n) is 2.81. The Morgan fingerprint density at radius 1 is 1.07 bits per heavy atom. The molecule has 3 rings (SSSR count). The number of para-hydroxylation sites is 1. The third-order valence-electron chi connectivity index (χ3n) is 4.33. The number of amides is 2. The van der Waals surface area contributed by atoms with Gasteiger partial charge in [-0.1, -0.05) is 18.2 Å². The van der Waals surface area contributed by atoms with Crippen molar-refractivity contribution in [3.8, 4) is 6.07 Å². The van der Waals surface area contributed by atoms with Crippen molar-refractivity contribution < 1.29 is 14.3 Å². The quantitative estimate of drug-likeness (QED) is 0.783. The first kappa shape index (κ1) is 19.5. The van der Waals surface area contributed by atoms with Crippen LogP contribution in [0, 0.1) is 11.3 Å². The molecule has 0 atom stereocenters. The van der Waals surface area contributed by atoms with Crippen LogP contribution in [0.1, 0.15) is 26.5 Å². The summed E-state index contributed by atoms with van der Waals surface area (Å²) in [7, 11) is 0. The average Bonchev–Trinajstić information content (AvgIpc) is 2.75. The van der Waals surface area contributed by atoms with Crippen LogP contribution in [0.15, 0.2) is 42.5 Å². The van der Waals surface area contributed by atoms with E-state index in [1.807, 2.05) is 6.07 Å². The van der Waals surface area contributed by atoms with Gasteiger partial charge < -0.3 is 15.4 Å². The van der Waals surface area contributed by atoms with Crippen molar-refractivity contribution in [2.45, 2.75) is 0 Å². The van der Waals surface area contributed by atoms with Crippen molar-refractivity contribution >= 4 is 17.5 Å². The molecule has 0 bridgehead atoms. The van der Waals surface area contributed by atoms with E-state index in [1.54, 1.807) is 36.4 Å². The Bertz CT molecular complexity index is 887. The lowest BCUT2D eigenvalue weighted by Gasteiger charge is -2.26. The van der Waals surface area contributed by atoms with Crippen molar-refractivity contribution in [3.63, 3.8) is 0 Å². The van der Waals surface area contributed by atoms with Gasteiger partial charge in [-0.2, -0.15) is 5.26 Å². The molecule has 144 valence electrons. The highest BCUT2D eigenvalue weighted by Crippen LogP contribution is 2.14. The highest BCUT2D eigenvalue weighted by Gasteiger charge is 2.15. The molecule has 1 saturated heterocycles. The Balaban J connectivity index is 1.58. The second-order valence-corrected chi connectivity index (χ2v) is 6.23. The van der Waals surface area contributed by atoms with Crippen LogP contribution in [-0.4, -0.2) is 61.1 Å². The van der Waals surface area contributed by atoms with Crippen LogP contribution >= 0.6 is 0 Å². The van der Waals surface area contributed by atoms with Crippen molar-refractivity contribution in [2.24, 2.45) is 0 Å². The lowest BCUT2D eigenvalue weighted by Crippen LogP contribution is -2.41. The number of anilines is 1. The summed E-state index contributed by atoms with van der Waals surface area (Å²) in [6.07, 6.45) is 0. The van der Waals surface area contributed by atoms with Crippen LogP contribution < -0.4 is 10.6 Å². The third-order valence-corrected chi connectivity index (χ3v) is 4.33. The van der Waals surface area contributed by atoms with Crippen molar-refractivity contribution in [3.05, 3.63) is 59.4 Å². The van der Waals surface area contributed by atoms with Gasteiger partial charge in [0.1, 0.15) is 17.5 Å². The van der Waals surface area contributed by atoms with Crippen molar-refractivity contribution in [2.75, 3.05) is 44.7 Å². The predicted octanol–water partition coefficient (Wildman–Crippen LogP) is 1.27. The monoisotopic (exact) mass is 379 g/mol. The zero-order valence-electron chi connectivity index (χ0n) is 15.4. The van der Waals surface area contributed by atoms with Gasteiger partial charge in [0.05, 0.1) is 24.5 Å². The number of hydrogen-bond acceptors (Lipinski definition) is 6. The molecule has 1 fully saturated rings. The van der Waals surface area contributed by atoms with E-state index >= 15 is 0 Å². The van der Waals surface area contributed by atoms with E-state index in [9.17, 15) is 9.59 Å². The van der Waals surface area contributed by atoms with Gasteiger partial charge in [0, 0.05) is 26.2 Å². The molecule has 2 aromatic rings. The summed E-state index contributed by atoms with van der Waals surface area (Å²) < 4.78 is 5.29. The lowest BCUT2D eigenvalue weighted by atomic mass is 10.2. The maximum atomic E-state index is 12.4. The molecule has 0 aliphatic carbocycles. The first-order valence-electron chi connectivity index (χ1n) is 9.03. The fraction of sp³-hybridized carbons (Fsp3) is 0.300. The molecule has 8 nitrogen and oxygen atoms in total. The number of ether oxygens (including phenoxy) is 1. The summed E-state index contributed by atoms with van der Waals surface area (Å²) >= 11 is 0. The molecule has 28 heavy (non-hydrogen) atoms. The number of nitriles is 1. The van der Waals surface area contributed by atoms with E-state index in [2.05, 4.69) is 20.5 Å². The highest BCUT2D eigenvalue weighted by molar-refractivity contribution is 6.04. The van der Waals surface area contributed by atoms with Gasteiger partial charge in [0.2, 0.25) is 0 Å². The Morgan fingerprint density at radius 3 is 2.54 bits per heavy atom. The van der Waals surface area contributed by atoms with Gasteiger partial charge in [-0.05, 0) is 24.3 Å². The van der Waals surface area contributed by atoms with E-state index in [1.165, 1.54) is 6.07 Å². The zero-order chi connectivity index (χ0) is 19.8. The Hall–Kier alpha value is -3.28. The Labute approximate surface area is 163 Å². The molecule has 0 saturated carbocycles. The Kier molecular flexibility index (Phi) is 6.68. The molecule has 1 aromatic carbocycles. The van der Waals surface area contributed by atoms with Crippen LogP contribution in [0.4, 0.5) is 5.69 Å². The molecule has 0 spiro atoms. The molecular weight excluding hydrogens is 358 g/mol. The molecule has 2 heterocycles. The van der Waals surface area contributed by atoms with Crippen molar-refractivity contribution in [1.82, 2.24) is 15.2 Å². The van der Waals surface area contributed by atoms with E-state index in [0.29, 0.717) is 31.0 Å². The largest absolute Gasteiger partial charge is 0.379 e. The van der Waals surface area contributed by atoms with E-state index in [0.717, 1.165) is 19.6 Å². The molecule has 2 amide bonds. The predicted molar refractivity (Wildman–Crippen MR) is 103 cm³/mol. The minimum Gasteiger partial charge on any atom is -0.379 e. The van der Waals surface area contributed by atoms with Crippen LogP contribution in [-0.2, 0) is 4.74 Å². The molecule has 1 aliphatic heterocycles. The first-order chi connectivity index (χ1) is 13.7. The van der Waals surface area contributed by atoms with Gasteiger partial charge in [-0.15, -0.1) is 0 Å². The van der Waals surface area contributed by atoms with Crippen LogP contribution in [0.5, 0.6) is 0 Å². The number of morpholine rings is 1. The lowest BCUT2D eigenvalue weighted by molar-refractivity contribution is 0.0383. The second-order valence-electron chi connectivity index (χ2n) is 6.23. The van der Waals surface area contributed by atoms with Gasteiger partial charge in [0.25, 0.3) is 11.8 Å². The molecule has 0 unspecified atom stereocenters. The van der Waals surface area contributed by atoms with Gasteiger partial charge >= 0.3 is 0 Å². The number of rotatable bonds is 6. The summed E-state index contributed by atoms with van der Waals surface area (Å²) in [5.41, 5.74) is 1.03. The molecule has 1 aromatic heterocycles.